The number of carbonyl (C=O) groups is 1. The quantitative estimate of drug-likeness (QED) is 0.771. The van der Waals surface area contributed by atoms with Gasteiger partial charge in [0.1, 0.15) is 18.4 Å². The van der Waals surface area contributed by atoms with Gasteiger partial charge in [-0.05, 0) is 0 Å². The van der Waals surface area contributed by atoms with Crippen LogP contribution in [0.4, 0.5) is 0 Å². The number of carboxylic acid groups (broad SMARTS) is 1. The normalized spacial score (nSPS) is 10.4. The molecule has 0 aliphatic rings. The number of aromatic nitrogens is 4. The van der Waals surface area contributed by atoms with Gasteiger partial charge in [0.05, 0.1) is 0 Å². The first kappa shape index (κ1) is 9.38. The molecule has 7 heteroatoms. The van der Waals surface area contributed by atoms with Crippen LogP contribution in [0.25, 0.3) is 0 Å². The molecule has 0 saturated heterocycles. The average Bonchev–Trinajstić information content (AvgIpc) is 2.86. The van der Waals surface area contributed by atoms with Crippen molar-refractivity contribution in [1.82, 2.24) is 19.9 Å². The third-order valence-corrected chi connectivity index (χ3v) is 1.83. The van der Waals surface area contributed by atoms with Crippen LogP contribution >= 0.6 is 0 Å². The van der Waals surface area contributed by atoms with Gasteiger partial charge in [-0.2, -0.15) is 5.10 Å². The summed E-state index contributed by atoms with van der Waals surface area (Å²) in [7, 11) is 0. The van der Waals surface area contributed by atoms with Crippen molar-refractivity contribution in [1.29, 1.82) is 0 Å². The molecule has 78 valence electrons. The molecule has 0 amide bonds. The van der Waals surface area contributed by atoms with Crippen LogP contribution in [0, 0.1) is 0 Å². The highest BCUT2D eigenvalue weighted by Crippen LogP contribution is 2.05. The Balaban J connectivity index is 1.96. The predicted octanol–water partition coefficient (Wildman–Crippen LogP) is 0.207. The van der Waals surface area contributed by atoms with E-state index in [-0.39, 0.29) is 5.69 Å². The summed E-state index contributed by atoms with van der Waals surface area (Å²) in [6.07, 6.45) is 3.54. The van der Waals surface area contributed by atoms with E-state index in [1.807, 2.05) is 0 Å². The van der Waals surface area contributed by atoms with Crippen LogP contribution in [0.2, 0.25) is 0 Å². The Hall–Kier alpha value is -2.18. The van der Waals surface area contributed by atoms with E-state index < -0.39 is 5.97 Å². The van der Waals surface area contributed by atoms with Gasteiger partial charge in [-0.15, -0.1) is 0 Å². The van der Waals surface area contributed by atoms with Crippen LogP contribution in [0.15, 0.2) is 23.2 Å². The molecular weight excluding hydrogens is 200 g/mol. The Morgan fingerprint density at radius 1 is 1.60 bits per heavy atom. The van der Waals surface area contributed by atoms with Crippen molar-refractivity contribution in [3.63, 3.8) is 0 Å². The molecule has 0 radical (unpaired) electrons. The second kappa shape index (κ2) is 3.91. The van der Waals surface area contributed by atoms with Gasteiger partial charge < -0.3 is 9.63 Å². The second-order valence-electron chi connectivity index (χ2n) is 2.89. The molecular formula is C8H8N4O3. The molecule has 0 unspecified atom stereocenters. The van der Waals surface area contributed by atoms with E-state index >= 15 is 0 Å². The van der Waals surface area contributed by atoms with Crippen molar-refractivity contribution in [3.8, 4) is 0 Å². The minimum atomic E-state index is -1.09. The summed E-state index contributed by atoms with van der Waals surface area (Å²) < 4.78 is 6.46. The molecule has 7 nitrogen and oxygen atoms in total. The fourth-order valence-corrected chi connectivity index (χ4v) is 1.10. The van der Waals surface area contributed by atoms with Crippen molar-refractivity contribution in [2.24, 2.45) is 0 Å². The SMILES string of the molecule is O=C(O)c1cc(CCn2cncn2)on1. The molecule has 2 aromatic rings. The molecule has 0 bridgehead atoms. The number of aryl methyl sites for hydroxylation is 2. The topological polar surface area (TPSA) is 94.0 Å². The van der Waals surface area contributed by atoms with Crippen LogP contribution in [-0.2, 0) is 13.0 Å². The lowest BCUT2D eigenvalue weighted by molar-refractivity contribution is 0.0685. The number of hydrogen-bond donors (Lipinski definition) is 1. The molecule has 0 aliphatic heterocycles. The number of rotatable bonds is 4. The molecule has 0 aliphatic carbocycles. The first-order chi connectivity index (χ1) is 7.25. The van der Waals surface area contributed by atoms with Gasteiger partial charge in [0.25, 0.3) is 0 Å². The largest absolute Gasteiger partial charge is 0.476 e. The maximum atomic E-state index is 10.5. The molecule has 0 fully saturated rings. The highest BCUT2D eigenvalue weighted by atomic mass is 16.5. The molecule has 15 heavy (non-hydrogen) atoms. The second-order valence-corrected chi connectivity index (χ2v) is 2.89. The van der Waals surface area contributed by atoms with E-state index in [1.54, 1.807) is 11.0 Å². The summed E-state index contributed by atoms with van der Waals surface area (Å²) in [5.74, 6) is -0.575. The summed E-state index contributed by atoms with van der Waals surface area (Å²) in [6.45, 7) is 0.578. The van der Waals surface area contributed by atoms with E-state index in [1.165, 1.54) is 12.4 Å². The van der Waals surface area contributed by atoms with Crippen molar-refractivity contribution in [3.05, 3.63) is 30.2 Å². The Bertz CT molecular complexity index is 448. The van der Waals surface area contributed by atoms with E-state index in [4.69, 9.17) is 9.63 Å². The summed E-state index contributed by atoms with van der Waals surface area (Å²) in [6, 6.07) is 1.40. The van der Waals surface area contributed by atoms with Crippen LogP contribution in [0.5, 0.6) is 0 Å². The maximum Gasteiger partial charge on any atom is 0.358 e. The standard InChI is InChI=1S/C8H8N4O3/c13-8(14)7-3-6(15-11-7)1-2-12-5-9-4-10-12/h3-5H,1-2H2,(H,13,14). The number of aromatic carboxylic acids is 1. The molecule has 0 saturated carbocycles. The Morgan fingerprint density at radius 2 is 2.47 bits per heavy atom. The van der Waals surface area contributed by atoms with Crippen molar-refractivity contribution >= 4 is 5.97 Å². The van der Waals surface area contributed by atoms with Crippen LogP contribution in [0.3, 0.4) is 0 Å². The molecule has 0 aromatic carbocycles. The van der Waals surface area contributed by atoms with Crippen LogP contribution in [-0.4, -0.2) is 31.0 Å². The van der Waals surface area contributed by atoms with Gasteiger partial charge in [-0.25, -0.2) is 9.78 Å². The third-order valence-electron chi connectivity index (χ3n) is 1.83. The summed E-state index contributed by atoms with van der Waals surface area (Å²) in [5, 5.41) is 15.9. The van der Waals surface area contributed by atoms with Gasteiger partial charge in [0.15, 0.2) is 5.69 Å². The van der Waals surface area contributed by atoms with Gasteiger partial charge in [-0.3, -0.25) is 4.68 Å². The zero-order chi connectivity index (χ0) is 10.7. The van der Waals surface area contributed by atoms with Crippen molar-refractivity contribution in [2.45, 2.75) is 13.0 Å². The molecule has 1 N–H and O–H groups in total. The third kappa shape index (κ3) is 2.19. The fourth-order valence-electron chi connectivity index (χ4n) is 1.10. The van der Waals surface area contributed by atoms with E-state index in [9.17, 15) is 4.79 Å². The van der Waals surface area contributed by atoms with Gasteiger partial charge in [0, 0.05) is 19.0 Å². The number of nitrogens with zero attached hydrogens (tertiary/aromatic N) is 4. The molecule has 2 heterocycles. The Kier molecular flexibility index (Phi) is 2.44. The smallest absolute Gasteiger partial charge is 0.358 e. The van der Waals surface area contributed by atoms with Crippen LogP contribution < -0.4 is 0 Å². The zero-order valence-electron chi connectivity index (χ0n) is 7.70. The maximum absolute atomic E-state index is 10.5. The first-order valence-corrected chi connectivity index (χ1v) is 4.27. The molecule has 2 aromatic heterocycles. The van der Waals surface area contributed by atoms with Gasteiger partial charge in [0.2, 0.25) is 0 Å². The fraction of sp³-hybridized carbons (Fsp3) is 0.250. The average molecular weight is 208 g/mol. The predicted molar refractivity (Wildman–Crippen MR) is 47.2 cm³/mol. The van der Waals surface area contributed by atoms with E-state index in [2.05, 4.69) is 15.2 Å². The molecule has 0 spiro atoms. The van der Waals surface area contributed by atoms with E-state index in [0.29, 0.717) is 18.7 Å². The number of hydrogen-bond acceptors (Lipinski definition) is 5. The minimum Gasteiger partial charge on any atom is -0.476 e. The molecule has 0 atom stereocenters. The summed E-state index contributed by atoms with van der Waals surface area (Å²) in [5.41, 5.74) is -0.0800. The highest BCUT2D eigenvalue weighted by molar-refractivity contribution is 5.85. The monoisotopic (exact) mass is 208 g/mol. The summed E-state index contributed by atoms with van der Waals surface area (Å²) in [4.78, 5) is 14.3. The Labute approximate surface area is 84.3 Å². The minimum absolute atomic E-state index is 0.0800. The van der Waals surface area contributed by atoms with E-state index in [0.717, 1.165) is 0 Å². The summed E-state index contributed by atoms with van der Waals surface area (Å²) >= 11 is 0. The van der Waals surface area contributed by atoms with Crippen LogP contribution in [0.1, 0.15) is 16.2 Å². The van der Waals surface area contributed by atoms with Crippen molar-refractivity contribution < 1.29 is 14.4 Å². The van der Waals surface area contributed by atoms with Crippen molar-refractivity contribution in [2.75, 3.05) is 0 Å². The Morgan fingerprint density at radius 3 is 3.07 bits per heavy atom. The highest BCUT2D eigenvalue weighted by Gasteiger charge is 2.10. The molecule has 2 rings (SSSR count). The number of carboxylic acids is 1. The van der Waals surface area contributed by atoms with Gasteiger partial charge in [-0.1, -0.05) is 5.16 Å². The lowest BCUT2D eigenvalue weighted by atomic mass is 10.3. The zero-order valence-corrected chi connectivity index (χ0v) is 7.70. The lowest BCUT2D eigenvalue weighted by Crippen LogP contribution is -2.00. The lowest BCUT2D eigenvalue weighted by Gasteiger charge is -1.95. The van der Waals surface area contributed by atoms with Gasteiger partial charge >= 0.3 is 5.97 Å². The first-order valence-electron chi connectivity index (χ1n) is 4.27.